The summed E-state index contributed by atoms with van der Waals surface area (Å²) in [6.45, 7) is 2.95. The maximum atomic E-state index is 12.2. The van der Waals surface area contributed by atoms with E-state index in [-0.39, 0.29) is 36.3 Å². The van der Waals surface area contributed by atoms with Crippen LogP contribution in [0, 0.1) is 0 Å². The summed E-state index contributed by atoms with van der Waals surface area (Å²) in [4.78, 5) is 10.0. The predicted molar refractivity (Wildman–Crippen MR) is 114 cm³/mol. The number of halogens is 1. The third-order valence-corrected chi connectivity index (χ3v) is 6.22. The van der Waals surface area contributed by atoms with Crippen LogP contribution in [0.3, 0.4) is 0 Å². The number of guanidine groups is 1. The quantitative estimate of drug-likeness (QED) is 0.351. The maximum absolute atomic E-state index is 12.2. The fraction of sp³-hybridized carbons (Fsp3) is 0.375. The van der Waals surface area contributed by atoms with Crippen LogP contribution in [0.4, 0.5) is 0 Å². The molecule has 0 atom stereocenters. The lowest BCUT2D eigenvalue weighted by Gasteiger charge is -2.11. The average Bonchev–Trinajstić information content (AvgIpc) is 3.06. The van der Waals surface area contributed by atoms with Gasteiger partial charge < -0.3 is 10.6 Å². The van der Waals surface area contributed by atoms with Gasteiger partial charge in [-0.05, 0) is 18.6 Å². The second kappa shape index (κ2) is 10.7. The Morgan fingerprint density at radius 2 is 1.96 bits per heavy atom. The van der Waals surface area contributed by atoms with Crippen LogP contribution >= 0.6 is 35.3 Å². The molecule has 0 amide bonds. The summed E-state index contributed by atoms with van der Waals surface area (Å²) in [5.41, 5.74) is 0. The lowest BCUT2D eigenvalue weighted by Crippen LogP contribution is -2.39. The Morgan fingerprint density at radius 3 is 2.56 bits per heavy atom. The summed E-state index contributed by atoms with van der Waals surface area (Å²) in [7, 11) is -1.63. The van der Waals surface area contributed by atoms with Crippen molar-refractivity contribution >= 4 is 51.1 Å². The molecular weight excluding hydrogens is 471 g/mol. The molecule has 138 valence electrons. The van der Waals surface area contributed by atoms with Crippen molar-refractivity contribution < 1.29 is 8.42 Å². The van der Waals surface area contributed by atoms with Gasteiger partial charge in [0.15, 0.2) is 15.8 Å². The van der Waals surface area contributed by atoms with Crippen LogP contribution < -0.4 is 10.6 Å². The summed E-state index contributed by atoms with van der Waals surface area (Å²) in [6, 6.07) is 8.46. The first-order chi connectivity index (χ1) is 11.5. The van der Waals surface area contributed by atoms with Gasteiger partial charge in [0.05, 0.1) is 17.2 Å². The molecule has 1 aromatic carbocycles. The first kappa shape index (κ1) is 21.8. The molecule has 0 saturated carbocycles. The molecular formula is C16H23IN4O2S2. The van der Waals surface area contributed by atoms with Gasteiger partial charge in [-0.25, -0.2) is 13.4 Å². The van der Waals surface area contributed by atoms with Crippen molar-refractivity contribution in [2.24, 2.45) is 4.99 Å². The molecule has 0 aliphatic rings. The van der Waals surface area contributed by atoms with Gasteiger partial charge in [0, 0.05) is 24.7 Å². The highest BCUT2D eigenvalue weighted by Crippen LogP contribution is 2.12. The smallest absolute Gasteiger partial charge is 0.191 e. The van der Waals surface area contributed by atoms with Crippen LogP contribution in [0.1, 0.15) is 16.8 Å². The monoisotopic (exact) mass is 494 g/mol. The molecule has 2 aromatic rings. The number of hydrogen-bond donors (Lipinski definition) is 2. The van der Waals surface area contributed by atoms with Gasteiger partial charge in [0.25, 0.3) is 0 Å². The van der Waals surface area contributed by atoms with Crippen LogP contribution in [0.5, 0.6) is 0 Å². The second-order valence-corrected chi connectivity index (χ2v) is 8.37. The molecule has 2 N–H and O–H groups in total. The highest BCUT2D eigenvalue weighted by molar-refractivity contribution is 14.0. The predicted octanol–water partition coefficient (Wildman–Crippen LogP) is 2.46. The van der Waals surface area contributed by atoms with Gasteiger partial charge in [-0.15, -0.1) is 35.3 Å². The SMILES string of the molecule is CCc1cnc(CNC(=NC)NCCS(=O)(=O)c2ccccc2)s1.I. The van der Waals surface area contributed by atoms with Gasteiger partial charge in [0.1, 0.15) is 5.01 Å². The van der Waals surface area contributed by atoms with Crippen molar-refractivity contribution in [3.8, 4) is 0 Å². The normalized spacial score (nSPS) is 11.7. The molecule has 9 heteroatoms. The van der Waals surface area contributed by atoms with Crippen molar-refractivity contribution in [2.75, 3.05) is 19.3 Å². The topological polar surface area (TPSA) is 83.4 Å². The van der Waals surface area contributed by atoms with E-state index in [1.165, 1.54) is 4.88 Å². The van der Waals surface area contributed by atoms with E-state index in [4.69, 9.17) is 0 Å². The van der Waals surface area contributed by atoms with Crippen molar-refractivity contribution in [1.82, 2.24) is 15.6 Å². The molecule has 0 bridgehead atoms. The van der Waals surface area contributed by atoms with Gasteiger partial charge in [-0.2, -0.15) is 0 Å². The zero-order valence-electron chi connectivity index (χ0n) is 14.2. The van der Waals surface area contributed by atoms with Crippen molar-refractivity contribution in [3.05, 3.63) is 46.4 Å². The third kappa shape index (κ3) is 6.90. The van der Waals surface area contributed by atoms with Crippen LogP contribution in [0.2, 0.25) is 0 Å². The van der Waals surface area contributed by atoms with E-state index in [1.54, 1.807) is 48.7 Å². The molecule has 1 heterocycles. The number of aromatic nitrogens is 1. The standard InChI is InChI=1S/C16H22N4O2S2.HI/c1-3-13-11-19-15(23-13)12-20-16(17-2)18-9-10-24(21,22)14-7-5-4-6-8-14;/h4-8,11H,3,9-10,12H2,1-2H3,(H2,17,18,20);1H. The molecule has 1 aromatic heterocycles. The summed E-state index contributed by atoms with van der Waals surface area (Å²) in [5.74, 6) is 0.570. The fourth-order valence-corrected chi connectivity index (χ4v) is 4.00. The Hall–Kier alpha value is -1.20. The minimum Gasteiger partial charge on any atom is -0.355 e. The molecule has 0 spiro atoms. The van der Waals surface area contributed by atoms with Gasteiger partial charge in [0.2, 0.25) is 0 Å². The maximum Gasteiger partial charge on any atom is 0.191 e. The second-order valence-electron chi connectivity index (χ2n) is 5.06. The van der Waals surface area contributed by atoms with Crippen molar-refractivity contribution in [2.45, 2.75) is 24.8 Å². The molecule has 25 heavy (non-hydrogen) atoms. The van der Waals surface area contributed by atoms with E-state index in [9.17, 15) is 8.42 Å². The molecule has 0 aliphatic heterocycles. The minimum absolute atomic E-state index is 0. The number of nitrogens with zero attached hydrogens (tertiary/aromatic N) is 2. The minimum atomic E-state index is -3.29. The number of nitrogens with one attached hydrogen (secondary N) is 2. The molecule has 6 nitrogen and oxygen atoms in total. The molecule has 0 radical (unpaired) electrons. The van der Waals surface area contributed by atoms with E-state index in [0.29, 0.717) is 17.4 Å². The largest absolute Gasteiger partial charge is 0.355 e. The van der Waals surface area contributed by atoms with E-state index < -0.39 is 9.84 Å². The number of rotatable bonds is 7. The van der Waals surface area contributed by atoms with E-state index >= 15 is 0 Å². The Balaban J connectivity index is 0.00000312. The molecule has 0 aliphatic carbocycles. The number of aliphatic imine (C=N–C) groups is 1. The zero-order chi connectivity index (χ0) is 17.4. The van der Waals surface area contributed by atoms with Crippen LogP contribution in [0.25, 0.3) is 0 Å². The van der Waals surface area contributed by atoms with Crippen molar-refractivity contribution in [3.63, 3.8) is 0 Å². The van der Waals surface area contributed by atoms with Gasteiger partial charge >= 0.3 is 0 Å². The van der Waals surface area contributed by atoms with E-state index in [0.717, 1.165) is 11.4 Å². The van der Waals surface area contributed by atoms with Gasteiger partial charge in [-0.3, -0.25) is 4.99 Å². The summed E-state index contributed by atoms with van der Waals surface area (Å²) >= 11 is 1.66. The van der Waals surface area contributed by atoms with Gasteiger partial charge in [-0.1, -0.05) is 25.1 Å². The molecule has 0 unspecified atom stereocenters. The number of hydrogen-bond acceptors (Lipinski definition) is 5. The fourth-order valence-electron chi connectivity index (χ4n) is 2.02. The lowest BCUT2D eigenvalue weighted by molar-refractivity contribution is 0.594. The summed E-state index contributed by atoms with van der Waals surface area (Å²) in [5, 5.41) is 7.14. The zero-order valence-corrected chi connectivity index (χ0v) is 18.2. The highest BCUT2D eigenvalue weighted by atomic mass is 127. The Bertz CT molecular complexity index is 776. The number of thiazole rings is 1. The third-order valence-electron chi connectivity index (χ3n) is 3.35. The number of benzene rings is 1. The molecule has 0 saturated heterocycles. The Kier molecular flexibility index (Phi) is 9.36. The number of sulfone groups is 1. The van der Waals surface area contributed by atoms with Crippen LogP contribution in [-0.2, 0) is 22.8 Å². The average molecular weight is 494 g/mol. The Morgan fingerprint density at radius 1 is 1.24 bits per heavy atom. The Labute approximate surface area is 170 Å². The summed E-state index contributed by atoms with van der Waals surface area (Å²) < 4.78 is 24.4. The summed E-state index contributed by atoms with van der Waals surface area (Å²) in [6.07, 6.45) is 2.85. The van der Waals surface area contributed by atoms with Crippen LogP contribution in [-0.4, -0.2) is 38.7 Å². The highest BCUT2D eigenvalue weighted by Gasteiger charge is 2.13. The first-order valence-electron chi connectivity index (χ1n) is 7.71. The first-order valence-corrected chi connectivity index (χ1v) is 10.2. The number of aryl methyl sites for hydroxylation is 1. The molecule has 0 fully saturated rings. The lowest BCUT2D eigenvalue weighted by atomic mass is 10.4. The van der Waals surface area contributed by atoms with E-state index in [2.05, 4.69) is 27.5 Å². The van der Waals surface area contributed by atoms with Crippen molar-refractivity contribution in [1.29, 1.82) is 0 Å². The van der Waals surface area contributed by atoms with Crippen LogP contribution in [0.15, 0.2) is 46.4 Å². The van der Waals surface area contributed by atoms with E-state index in [1.807, 2.05) is 6.20 Å². The molecule has 2 rings (SSSR count).